The quantitative estimate of drug-likeness (QED) is 0.166. The minimum Gasteiger partial charge on any atom is -0.362 e. The molecule has 8 heteroatoms. The fourth-order valence-corrected chi connectivity index (χ4v) is 4.09. The summed E-state index contributed by atoms with van der Waals surface area (Å²) in [6.07, 6.45) is 14.6. The molecule has 0 atom stereocenters. The lowest BCUT2D eigenvalue weighted by molar-refractivity contribution is -0.432. The minimum absolute atomic E-state index is 0.225. The van der Waals surface area contributed by atoms with Gasteiger partial charge in [0.25, 0.3) is 5.70 Å². The Bertz CT molecular complexity index is 696. The Morgan fingerprint density at radius 1 is 1.10 bits per heavy atom. The molecular formula is C23H38ClN5O2. The van der Waals surface area contributed by atoms with Crippen molar-refractivity contribution < 1.29 is 4.92 Å². The van der Waals surface area contributed by atoms with Gasteiger partial charge in [0.15, 0.2) is 5.82 Å². The van der Waals surface area contributed by atoms with Crippen LogP contribution in [0.25, 0.3) is 0 Å². The smallest absolute Gasteiger partial charge is 0.299 e. The van der Waals surface area contributed by atoms with Gasteiger partial charge in [-0.2, -0.15) is 0 Å². The van der Waals surface area contributed by atoms with Gasteiger partial charge < -0.3 is 10.2 Å². The van der Waals surface area contributed by atoms with Gasteiger partial charge in [-0.15, -0.1) is 0 Å². The molecule has 7 nitrogen and oxygen atoms in total. The number of hydrogen-bond donors (Lipinski definition) is 1. The van der Waals surface area contributed by atoms with Gasteiger partial charge in [-0.1, -0.05) is 82.4 Å². The number of nitrogens with zero attached hydrogens (tertiary/aromatic N) is 4. The fourth-order valence-electron chi connectivity index (χ4n) is 3.98. The summed E-state index contributed by atoms with van der Waals surface area (Å²) in [5.74, 6) is 0.583. The van der Waals surface area contributed by atoms with Crippen LogP contribution in [0.5, 0.6) is 0 Å². The number of hydrogen-bond acceptors (Lipinski definition) is 6. The number of rotatable bonds is 15. The summed E-state index contributed by atoms with van der Waals surface area (Å²) in [4.78, 5) is 19.6. The third-order valence-electron chi connectivity index (χ3n) is 5.74. The molecule has 1 aromatic rings. The van der Waals surface area contributed by atoms with Crippen LogP contribution in [0, 0.1) is 10.1 Å². The van der Waals surface area contributed by atoms with Gasteiger partial charge in [0, 0.05) is 26.3 Å². The maximum atomic E-state index is 11.7. The highest BCUT2D eigenvalue weighted by atomic mass is 35.5. The number of halogens is 1. The first-order valence-electron chi connectivity index (χ1n) is 11.7. The predicted molar refractivity (Wildman–Crippen MR) is 126 cm³/mol. The summed E-state index contributed by atoms with van der Waals surface area (Å²) in [6.45, 7) is 4.68. The molecule has 1 aliphatic heterocycles. The average Bonchev–Trinajstić information content (AvgIpc) is 2.75. The van der Waals surface area contributed by atoms with Gasteiger partial charge in [-0.25, -0.2) is 4.98 Å². The number of nitrogens with one attached hydrogen (secondary N) is 1. The maximum Gasteiger partial charge on any atom is 0.299 e. The van der Waals surface area contributed by atoms with E-state index >= 15 is 0 Å². The van der Waals surface area contributed by atoms with Gasteiger partial charge in [0.05, 0.1) is 18.1 Å². The Morgan fingerprint density at radius 3 is 2.32 bits per heavy atom. The lowest BCUT2D eigenvalue weighted by Crippen LogP contribution is -2.47. The highest BCUT2D eigenvalue weighted by molar-refractivity contribution is 6.29. The van der Waals surface area contributed by atoms with Crippen LogP contribution in [-0.2, 0) is 6.54 Å². The molecule has 0 amide bonds. The van der Waals surface area contributed by atoms with Crippen LogP contribution in [0.2, 0.25) is 5.15 Å². The van der Waals surface area contributed by atoms with E-state index in [1.807, 2.05) is 18.0 Å². The molecule has 0 fully saturated rings. The third kappa shape index (κ3) is 9.44. The van der Waals surface area contributed by atoms with Gasteiger partial charge in [-0.3, -0.25) is 15.0 Å². The summed E-state index contributed by atoms with van der Waals surface area (Å²) in [5, 5.41) is 15.3. The summed E-state index contributed by atoms with van der Waals surface area (Å²) >= 11 is 5.82. The normalized spacial score (nSPS) is 14.9. The van der Waals surface area contributed by atoms with Crippen LogP contribution in [0.15, 0.2) is 29.8 Å². The molecule has 174 valence electrons. The summed E-state index contributed by atoms with van der Waals surface area (Å²) < 4.78 is 0. The predicted octanol–water partition coefficient (Wildman–Crippen LogP) is 5.40. The lowest BCUT2D eigenvalue weighted by atomic mass is 10.1. The monoisotopic (exact) mass is 451 g/mol. The SMILES string of the molecule is CCCCCCCCCCCCN1CC([N+](=O)[O-])=C(NCc2ccc(Cl)nc2)N(C)C1. The largest absolute Gasteiger partial charge is 0.362 e. The van der Waals surface area contributed by atoms with Crippen molar-refractivity contribution >= 4 is 11.6 Å². The van der Waals surface area contributed by atoms with Crippen molar-refractivity contribution in [1.29, 1.82) is 0 Å². The highest BCUT2D eigenvalue weighted by Gasteiger charge is 2.30. The van der Waals surface area contributed by atoms with Crippen LogP contribution in [0.1, 0.15) is 76.7 Å². The first-order valence-corrected chi connectivity index (χ1v) is 12.0. The molecule has 2 heterocycles. The Morgan fingerprint density at radius 2 is 1.74 bits per heavy atom. The molecule has 0 saturated heterocycles. The van der Waals surface area contributed by atoms with E-state index in [1.54, 1.807) is 12.3 Å². The Labute approximate surface area is 192 Å². The van der Waals surface area contributed by atoms with Crippen LogP contribution in [0.3, 0.4) is 0 Å². The molecule has 0 radical (unpaired) electrons. The summed E-state index contributed by atoms with van der Waals surface area (Å²) in [6, 6.07) is 3.59. The molecule has 0 unspecified atom stereocenters. The van der Waals surface area contributed by atoms with Crippen molar-refractivity contribution in [2.24, 2.45) is 0 Å². The van der Waals surface area contributed by atoms with E-state index in [-0.39, 0.29) is 10.6 Å². The van der Waals surface area contributed by atoms with Crippen LogP contribution < -0.4 is 5.32 Å². The zero-order valence-corrected chi connectivity index (χ0v) is 19.9. The van der Waals surface area contributed by atoms with E-state index in [0.717, 1.165) is 18.5 Å². The molecule has 1 aromatic heterocycles. The molecule has 1 aliphatic rings. The van der Waals surface area contributed by atoms with Crippen LogP contribution >= 0.6 is 11.6 Å². The zero-order valence-electron chi connectivity index (χ0n) is 19.1. The van der Waals surface area contributed by atoms with Crippen molar-refractivity contribution in [2.45, 2.75) is 77.7 Å². The summed E-state index contributed by atoms with van der Waals surface area (Å²) in [5.41, 5.74) is 1.16. The number of nitro groups is 1. The number of pyridine rings is 1. The molecule has 31 heavy (non-hydrogen) atoms. The van der Waals surface area contributed by atoms with Crippen LogP contribution in [-0.4, -0.2) is 46.5 Å². The van der Waals surface area contributed by atoms with E-state index in [2.05, 4.69) is 22.1 Å². The van der Waals surface area contributed by atoms with Crippen LogP contribution in [0.4, 0.5) is 0 Å². The number of unbranched alkanes of at least 4 members (excludes halogenated alkanes) is 9. The Balaban J connectivity index is 1.72. The second kappa shape index (κ2) is 14.2. The van der Waals surface area contributed by atoms with E-state index in [1.165, 1.54) is 57.8 Å². The Hall–Kier alpha value is -1.86. The summed E-state index contributed by atoms with van der Waals surface area (Å²) in [7, 11) is 1.90. The average molecular weight is 452 g/mol. The van der Waals surface area contributed by atoms with Gasteiger partial charge >= 0.3 is 0 Å². The number of aromatic nitrogens is 1. The van der Waals surface area contributed by atoms with Gasteiger partial charge in [0.1, 0.15) is 5.15 Å². The lowest BCUT2D eigenvalue weighted by Gasteiger charge is -2.34. The third-order valence-corrected chi connectivity index (χ3v) is 5.96. The van der Waals surface area contributed by atoms with E-state index < -0.39 is 0 Å². The van der Waals surface area contributed by atoms with Crippen molar-refractivity contribution in [2.75, 3.05) is 26.8 Å². The standard InChI is InChI=1S/C23H38ClN5O2/c1-3-4-5-6-7-8-9-10-11-12-15-28-18-21(29(30)31)23(27(2)19-28)26-17-20-13-14-22(24)25-16-20/h13-14,16,26H,3-12,15,17-19H2,1-2H3. The topological polar surface area (TPSA) is 74.5 Å². The highest BCUT2D eigenvalue weighted by Crippen LogP contribution is 2.18. The maximum absolute atomic E-state index is 11.7. The van der Waals surface area contributed by atoms with E-state index in [4.69, 9.17) is 11.6 Å². The van der Waals surface area contributed by atoms with Gasteiger partial charge in [-0.05, 0) is 18.1 Å². The molecule has 0 saturated carbocycles. The molecule has 0 aliphatic carbocycles. The Kier molecular flexibility index (Phi) is 11.7. The molecular weight excluding hydrogens is 414 g/mol. The van der Waals surface area contributed by atoms with Gasteiger partial charge in [0.2, 0.25) is 0 Å². The molecule has 2 rings (SSSR count). The molecule has 0 bridgehead atoms. The van der Waals surface area contributed by atoms with Crippen molar-refractivity contribution in [3.63, 3.8) is 0 Å². The zero-order chi connectivity index (χ0) is 22.5. The minimum atomic E-state index is -0.260. The second-order valence-electron chi connectivity index (χ2n) is 8.47. The fraction of sp³-hybridized carbons (Fsp3) is 0.696. The van der Waals surface area contributed by atoms with Crippen molar-refractivity contribution in [3.05, 3.63) is 50.7 Å². The molecule has 0 spiro atoms. The second-order valence-corrected chi connectivity index (χ2v) is 8.86. The first-order chi connectivity index (χ1) is 15.0. The first kappa shape index (κ1) is 25.4. The van der Waals surface area contributed by atoms with Crippen molar-refractivity contribution in [3.8, 4) is 0 Å². The molecule has 1 N–H and O–H groups in total. The molecule has 0 aromatic carbocycles. The van der Waals surface area contributed by atoms with Crippen molar-refractivity contribution in [1.82, 2.24) is 20.1 Å². The van der Waals surface area contributed by atoms with E-state index in [9.17, 15) is 10.1 Å². The van der Waals surface area contributed by atoms with E-state index in [0.29, 0.717) is 30.7 Å².